The number of benzene rings is 1. The molecule has 31 heavy (non-hydrogen) atoms. The highest BCUT2D eigenvalue weighted by molar-refractivity contribution is 6.03. The summed E-state index contributed by atoms with van der Waals surface area (Å²) >= 11 is 0. The van der Waals surface area contributed by atoms with Gasteiger partial charge in [-0.1, -0.05) is 25.0 Å². The van der Waals surface area contributed by atoms with Gasteiger partial charge in [0.1, 0.15) is 17.4 Å². The molecule has 1 atom stereocenters. The fourth-order valence-electron chi connectivity index (χ4n) is 3.81. The summed E-state index contributed by atoms with van der Waals surface area (Å²) in [6, 6.07) is 6.90. The van der Waals surface area contributed by atoms with E-state index in [2.05, 4.69) is 21.4 Å². The second kappa shape index (κ2) is 8.81. The summed E-state index contributed by atoms with van der Waals surface area (Å²) < 4.78 is 38.3. The molecule has 10 heteroatoms. The van der Waals surface area contributed by atoms with Crippen LogP contribution in [0.15, 0.2) is 46.3 Å². The number of rotatable bonds is 6. The lowest BCUT2D eigenvalue weighted by molar-refractivity contribution is -0.149. The summed E-state index contributed by atoms with van der Waals surface area (Å²) in [5.74, 6) is -0.0951. The SMILES string of the molecule is N#CCC1(Nc2cc[nH]c(=O)c2C(N)=Nc2ccc(C(N)C(F)(F)F)cc2)CCCC1. The van der Waals surface area contributed by atoms with E-state index in [1.807, 2.05) is 0 Å². The van der Waals surface area contributed by atoms with E-state index >= 15 is 0 Å². The Balaban J connectivity index is 1.91. The molecule has 3 rings (SSSR count). The summed E-state index contributed by atoms with van der Waals surface area (Å²) in [7, 11) is 0. The summed E-state index contributed by atoms with van der Waals surface area (Å²) in [5.41, 5.74) is 11.1. The molecule has 0 amide bonds. The molecule has 2 aromatic rings. The van der Waals surface area contributed by atoms with Crippen LogP contribution in [-0.2, 0) is 0 Å². The van der Waals surface area contributed by atoms with Crippen molar-refractivity contribution in [3.63, 3.8) is 0 Å². The van der Waals surface area contributed by atoms with Crippen LogP contribution in [-0.4, -0.2) is 22.5 Å². The lowest BCUT2D eigenvalue weighted by atomic mass is 9.93. The molecule has 0 bridgehead atoms. The zero-order valence-electron chi connectivity index (χ0n) is 16.7. The quantitative estimate of drug-likeness (QED) is 0.409. The highest BCUT2D eigenvalue weighted by Crippen LogP contribution is 2.36. The van der Waals surface area contributed by atoms with Crippen LogP contribution in [0.25, 0.3) is 0 Å². The third kappa shape index (κ3) is 5.06. The molecular weight excluding hydrogens is 409 g/mol. The van der Waals surface area contributed by atoms with Crippen molar-refractivity contribution in [1.29, 1.82) is 5.26 Å². The number of halogens is 3. The number of nitrogens with two attached hydrogens (primary N) is 2. The lowest BCUT2D eigenvalue weighted by Crippen LogP contribution is -2.37. The first-order chi connectivity index (χ1) is 14.6. The van der Waals surface area contributed by atoms with Crippen LogP contribution < -0.4 is 22.3 Å². The molecule has 1 aliphatic carbocycles. The molecule has 1 aromatic heterocycles. The molecule has 1 fully saturated rings. The molecular formula is C21H23F3N6O. The molecule has 1 aliphatic rings. The number of nitriles is 1. The van der Waals surface area contributed by atoms with Gasteiger partial charge in [0.25, 0.3) is 5.56 Å². The van der Waals surface area contributed by atoms with E-state index in [9.17, 15) is 23.2 Å². The number of nitrogens with one attached hydrogen (secondary N) is 2. The number of aromatic amines is 1. The molecule has 0 radical (unpaired) electrons. The van der Waals surface area contributed by atoms with E-state index in [1.54, 1.807) is 6.07 Å². The Hall–Kier alpha value is -3.32. The number of hydrogen-bond donors (Lipinski definition) is 4. The third-order valence-electron chi connectivity index (χ3n) is 5.45. The largest absolute Gasteiger partial charge is 0.407 e. The molecule has 1 unspecified atom stereocenters. The predicted octanol–water partition coefficient (Wildman–Crippen LogP) is 3.61. The van der Waals surface area contributed by atoms with E-state index in [4.69, 9.17) is 11.5 Å². The van der Waals surface area contributed by atoms with Crippen LogP contribution in [0.2, 0.25) is 0 Å². The number of pyridine rings is 1. The van der Waals surface area contributed by atoms with Crippen LogP contribution >= 0.6 is 0 Å². The van der Waals surface area contributed by atoms with Gasteiger partial charge in [0.05, 0.1) is 29.4 Å². The van der Waals surface area contributed by atoms with Crippen molar-refractivity contribution in [3.05, 3.63) is 58.0 Å². The van der Waals surface area contributed by atoms with Crippen molar-refractivity contribution in [2.24, 2.45) is 16.5 Å². The van der Waals surface area contributed by atoms with Crippen LogP contribution in [0.4, 0.5) is 24.5 Å². The van der Waals surface area contributed by atoms with Gasteiger partial charge in [0.2, 0.25) is 0 Å². The first kappa shape index (κ1) is 22.4. The highest BCUT2D eigenvalue weighted by atomic mass is 19.4. The number of aromatic nitrogens is 1. The number of H-pyrrole nitrogens is 1. The number of hydrogen-bond acceptors (Lipinski definition) is 5. The van der Waals surface area contributed by atoms with Gasteiger partial charge in [-0.15, -0.1) is 0 Å². The van der Waals surface area contributed by atoms with Crippen LogP contribution in [0.3, 0.4) is 0 Å². The van der Waals surface area contributed by atoms with Crippen molar-refractivity contribution < 1.29 is 13.2 Å². The normalized spacial score (nSPS) is 17.2. The topological polar surface area (TPSA) is 133 Å². The number of nitrogens with zero attached hydrogens (tertiary/aromatic N) is 2. The maximum Gasteiger partial charge on any atom is 0.407 e. The van der Waals surface area contributed by atoms with Gasteiger partial charge in [-0.3, -0.25) is 4.79 Å². The zero-order valence-corrected chi connectivity index (χ0v) is 16.7. The fourth-order valence-corrected chi connectivity index (χ4v) is 3.81. The number of aliphatic imine (C=N–C) groups is 1. The number of alkyl halides is 3. The monoisotopic (exact) mass is 432 g/mol. The maximum atomic E-state index is 12.8. The van der Waals surface area contributed by atoms with Gasteiger partial charge in [0, 0.05) is 6.20 Å². The minimum absolute atomic E-state index is 0.0951. The van der Waals surface area contributed by atoms with E-state index in [0.717, 1.165) is 25.7 Å². The Bertz CT molecular complexity index is 1050. The average molecular weight is 432 g/mol. The summed E-state index contributed by atoms with van der Waals surface area (Å²) in [6.07, 6.45) is 0.754. The van der Waals surface area contributed by atoms with E-state index in [-0.39, 0.29) is 29.1 Å². The number of amidine groups is 1. The van der Waals surface area contributed by atoms with Crippen molar-refractivity contribution in [2.75, 3.05) is 5.32 Å². The Morgan fingerprint density at radius 3 is 2.48 bits per heavy atom. The van der Waals surface area contributed by atoms with Gasteiger partial charge < -0.3 is 21.8 Å². The maximum absolute atomic E-state index is 12.8. The Labute approximate surface area is 177 Å². The zero-order chi connectivity index (χ0) is 22.6. The van der Waals surface area contributed by atoms with E-state index < -0.39 is 23.3 Å². The second-order valence-electron chi connectivity index (χ2n) is 7.65. The first-order valence-electron chi connectivity index (χ1n) is 9.79. The van der Waals surface area contributed by atoms with Gasteiger partial charge in [-0.25, -0.2) is 4.99 Å². The Morgan fingerprint density at radius 1 is 1.26 bits per heavy atom. The summed E-state index contributed by atoms with van der Waals surface area (Å²) in [5, 5.41) is 12.6. The minimum Gasteiger partial charge on any atom is -0.383 e. The molecule has 1 heterocycles. The molecule has 164 valence electrons. The average Bonchev–Trinajstić information content (AvgIpc) is 3.15. The van der Waals surface area contributed by atoms with E-state index in [0.29, 0.717) is 5.69 Å². The van der Waals surface area contributed by atoms with Crippen molar-refractivity contribution in [1.82, 2.24) is 4.98 Å². The van der Waals surface area contributed by atoms with Crippen molar-refractivity contribution in [2.45, 2.75) is 49.9 Å². The first-order valence-corrected chi connectivity index (χ1v) is 9.79. The van der Waals surface area contributed by atoms with Crippen LogP contribution in [0.5, 0.6) is 0 Å². The molecule has 0 spiro atoms. The van der Waals surface area contributed by atoms with Gasteiger partial charge >= 0.3 is 6.18 Å². The molecule has 7 nitrogen and oxygen atoms in total. The van der Waals surface area contributed by atoms with Crippen molar-refractivity contribution in [3.8, 4) is 6.07 Å². The van der Waals surface area contributed by atoms with Gasteiger partial charge in [-0.05, 0) is 36.6 Å². The molecule has 1 saturated carbocycles. The van der Waals surface area contributed by atoms with Crippen LogP contribution in [0, 0.1) is 11.3 Å². The second-order valence-corrected chi connectivity index (χ2v) is 7.65. The predicted molar refractivity (Wildman–Crippen MR) is 112 cm³/mol. The Kier molecular flexibility index (Phi) is 6.36. The number of anilines is 1. The third-order valence-corrected chi connectivity index (χ3v) is 5.45. The molecule has 1 aromatic carbocycles. The molecule has 0 saturated heterocycles. The van der Waals surface area contributed by atoms with Gasteiger partial charge in [0.15, 0.2) is 0 Å². The highest BCUT2D eigenvalue weighted by Gasteiger charge is 2.37. The lowest BCUT2D eigenvalue weighted by Gasteiger charge is -2.29. The van der Waals surface area contributed by atoms with Gasteiger partial charge in [-0.2, -0.15) is 18.4 Å². The fraction of sp³-hybridized carbons (Fsp3) is 0.381. The minimum atomic E-state index is -4.55. The molecule has 0 aliphatic heterocycles. The smallest absolute Gasteiger partial charge is 0.383 e. The summed E-state index contributed by atoms with van der Waals surface area (Å²) in [6.45, 7) is 0. The van der Waals surface area contributed by atoms with E-state index in [1.165, 1.54) is 30.5 Å². The molecule has 6 N–H and O–H groups in total. The standard InChI is InChI=1S/C21H23F3N6O/c22-21(23,24)17(26)13-3-5-14(6-4-13)29-18(27)16-15(7-12-28-19(16)31)30-20(10-11-25)8-1-2-9-20/h3-7,12,17H,1-2,8-10,26H2,(H2,27,29)(H2,28,30,31). The van der Waals surface area contributed by atoms with Crippen LogP contribution in [0.1, 0.15) is 49.3 Å². The van der Waals surface area contributed by atoms with Crippen molar-refractivity contribution >= 4 is 17.2 Å². The Morgan fingerprint density at radius 2 is 1.90 bits per heavy atom. The summed E-state index contributed by atoms with van der Waals surface area (Å²) in [4.78, 5) is 19.3.